The van der Waals surface area contributed by atoms with Crippen molar-refractivity contribution in [1.29, 1.82) is 0 Å². The molecule has 2 fully saturated rings. The molecule has 0 spiro atoms. The normalized spacial score (nSPS) is 17.8. The smallest absolute Gasteiger partial charge is 0.243 e. The monoisotopic (exact) mass is 488 g/mol. The van der Waals surface area contributed by atoms with Gasteiger partial charge in [0.25, 0.3) is 0 Å². The van der Waals surface area contributed by atoms with Crippen molar-refractivity contribution < 1.29 is 27.4 Å². The maximum absolute atomic E-state index is 13.2. The van der Waals surface area contributed by atoms with E-state index in [0.717, 1.165) is 37.9 Å². The van der Waals surface area contributed by atoms with Crippen LogP contribution in [0.5, 0.6) is 17.2 Å². The number of ether oxygens (including phenoxy) is 3. The van der Waals surface area contributed by atoms with Gasteiger partial charge in [0, 0.05) is 19.0 Å². The summed E-state index contributed by atoms with van der Waals surface area (Å²) in [4.78, 5) is 13.1. The first-order valence-corrected chi connectivity index (χ1v) is 13.3. The second kappa shape index (κ2) is 11.2. The van der Waals surface area contributed by atoms with E-state index in [2.05, 4.69) is 5.32 Å². The molecule has 1 N–H and O–H groups in total. The van der Waals surface area contributed by atoms with Crippen molar-refractivity contribution in [3.8, 4) is 17.2 Å². The van der Waals surface area contributed by atoms with Gasteiger partial charge in [0.05, 0.1) is 30.4 Å². The Labute approximate surface area is 201 Å². The fourth-order valence-electron chi connectivity index (χ4n) is 4.29. The molecule has 1 saturated carbocycles. The lowest BCUT2D eigenvalue weighted by Crippen LogP contribution is -2.40. The van der Waals surface area contributed by atoms with Crippen molar-refractivity contribution >= 4 is 21.6 Å². The number of amides is 1. The van der Waals surface area contributed by atoms with Crippen molar-refractivity contribution in [3.63, 3.8) is 0 Å². The Morgan fingerprint density at radius 1 is 1.03 bits per heavy atom. The number of morpholine rings is 1. The number of nitrogens with one attached hydrogen (secondary N) is 1. The van der Waals surface area contributed by atoms with E-state index >= 15 is 0 Å². The third-order valence-corrected chi connectivity index (χ3v) is 8.05. The number of sulfonamides is 1. The molecule has 34 heavy (non-hydrogen) atoms. The molecule has 2 aromatic rings. The van der Waals surface area contributed by atoms with Crippen LogP contribution in [-0.2, 0) is 19.6 Å². The molecular formula is C25H32N2O6S. The molecule has 2 aromatic carbocycles. The van der Waals surface area contributed by atoms with Gasteiger partial charge in [-0.2, -0.15) is 4.31 Å². The Morgan fingerprint density at radius 3 is 2.38 bits per heavy atom. The van der Waals surface area contributed by atoms with Crippen molar-refractivity contribution in [3.05, 3.63) is 42.5 Å². The summed E-state index contributed by atoms with van der Waals surface area (Å²) in [5.41, 5.74) is 0.346. The van der Waals surface area contributed by atoms with Crippen LogP contribution in [0.4, 0.5) is 5.69 Å². The standard InChI is InChI=1S/C25H32N2O6S/c1-2-32-20-8-10-21(11-9-20)33-24-13-12-22(34(29,30)27-14-16-31-17-15-27)18-23(24)26-25(28)19-6-4-3-5-7-19/h8-13,18-19H,2-7,14-17H2,1H3,(H,26,28). The van der Waals surface area contributed by atoms with Crippen LogP contribution in [0.1, 0.15) is 39.0 Å². The minimum absolute atomic E-state index is 0.0772. The van der Waals surface area contributed by atoms with E-state index in [1.165, 1.54) is 16.4 Å². The van der Waals surface area contributed by atoms with Gasteiger partial charge >= 0.3 is 0 Å². The Morgan fingerprint density at radius 2 is 1.71 bits per heavy atom. The van der Waals surface area contributed by atoms with Crippen molar-refractivity contribution in [2.24, 2.45) is 5.92 Å². The summed E-state index contributed by atoms with van der Waals surface area (Å²) in [6.07, 6.45) is 4.88. The van der Waals surface area contributed by atoms with Crippen LogP contribution in [0.2, 0.25) is 0 Å². The molecule has 2 aliphatic rings. The molecular weight excluding hydrogens is 456 g/mol. The van der Waals surface area contributed by atoms with E-state index in [1.807, 2.05) is 6.92 Å². The highest BCUT2D eigenvalue weighted by molar-refractivity contribution is 7.89. The lowest BCUT2D eigenvalue weighted by atomic mass is 9.88. The zero-order valence-electron chi connectivity index (χ0n) is 19.5. The molecule has 0 unspecified atom stereocenters. The van der Waals surface area contributed by atoms with E-state index in [0.29, 0.717) is 50.1 Å². The molecule has 4 rings (SSSR count). The van der Waals surface area contributed by atoms with Crippen LogP contribution in [0.3, 0.4) is 0 Å². The Balaban J connectivity index is 1.61. The number of rotatable bonds is 8. The zero-order chi connectivity index (χ0) is 24.0. The molecule has 0 bridgehead atoms. The van der Waals surface area contributed by atoms with Gasteiger partial charge in [-0.1, -0.05) is 19.3 Å². The van der Waals surface area contributed by atoms with E-state index < -0.39 is 10.0 Å². The van der Waals surface area contributed by atoms with Gasteiger partial charge in [-0.3, -0.25) is 4.79 Å². The van der Waals surface area contributed by atoms with Gasteiger partial charge in [-0.05, 0) is 62.2 Å². The Kier molecular flexibility index (Phi) is 8.07. The molecule has 1 aliphatic heterocycles. The summed E-state index contributed by atoms with van der Waals surface area (Å²) in [5, 5.41) is 2.95. The minimum atomic E-state index is -3.72. The van der Waals surface area contributed by atoms with E-state index in [1.54, 1.807) is 30.3 Å². The zero-order valence-corrected chi connectivity index (χ0v) is 20.3. The van der Waals surface area contributed by atoms with Crippen LogP contribution in [0.15, 0.2) is 47.4 Å². The van der Waals surface area contributed by atoms with Crippen LogP contribution in [0.25, 0.3) is 0 Å². The molecule has 184 valence electrons. The fourth-order valence-corrected chi connectivity index (χ4v) is 5.72. The minimum Gasteiger partial charge on any atom is -0.494 e. The molecule has 0 atom stereocenters. The average Bonchev–Trinajstić information content (AvgIpc) is 2.87. The molecule has 0 aromatic heterocycles. The predicted octanol–water partition coefficient (Wildman–Crippen LogP) is 4.42. The molecule has 1 saturated heterocycles. The van der Waals surface area contributed by atoms with Gasteiger partial charge in [0.15, 0.2) is 5.75 Å². The highest BCUT2D eigenvalue weighted by Crippen LogP contribution is 2.35. The van der Waals surface area contributed by atoms with Gasteiger partial charge in [0.2, 0.25) is 15.9 Å². The quantitative estimate of drug-likeness (QED) is 0.591. The second-order valence-electron chi connectivity index (χ2n) is 8.51. The predicted molar refractivity (Wildman–Crippen MR) is 129 cm³/mol. The number of carbonyl (C=O) groups excluding carboxylic acids is 1. The number of nitrogens with zero attached hydrogens (tertiary/aromatic N) is 1. The highest BCUT2D eigenvalue weighted by Gasteiger charge is 2.28. The molecule has 1 amide bonds. The lowest BCUT2D eigenvalue weighted by molar-refractivity contribution is -0.120. The second-order valence-corrected chi connectivity index (χ2v) is 10.4. The van der Waals surface area contributed by atoms with Crippen LogP contribution in [0, 0.1) is 5.92 Å². The number of anilines is 1. The summed E-state index contributed by atoms with van der Waals surface area (Å²) in [7, 11) is -3.72. The van der Waals surface area contributed by atoms with Crippen molar-refractivity contribution in [1.82, 2.24) is 4.31 Å². The van der Waals surface area contributed by atoms with Gasteiger partial charge in [-0.15, -0.1) is 0 Å². The van der Waals surface area contributed by atoms with Crippen molar-refractivity contribution in [2.45, 2.75) is 43.9 Å². The summed E-state index contributed by atoms with van der Waals surface area (Å²) in [6, 6.07) is 11.8. The summed E-state index contributed by atoms with van der Waals surface area (Å²) >= 11 is 0. The third-order valence-electron chi connectivity index (χ3n) is 6.16. The summed E-state index contributed by atoms with van der Waals surface area (Å²) < 4.78 is 44.6. The SMILES string of the molecule is CCOc1ccc(Oc2ccc(S(=O)(=O)N3CCOCC3)cc2NC(=O)C2CCCCC2)cc1. The van der Waals surface area contributed by atoms with E-state index in [-0.39, 0.29) is 16.7 Å². The third kappa shape index (κ3) is 5.89. The molecule has 8 nitrogen and oxygen atoms in total. The maximum atomic E-state index is 13.2. The molecule has 9 heteroatoms. The first-order valence-electron chi connectivity index (χ1n) is 11.9. The maximum Gasteiger partial charge on any atom is 0.243 e. The number of carbonyl (C=O) groups is 1. The topological polar surface area (TPSA) is 94.2 Å². The Hall–Kier alpha value is -2.62. The van der Waals surface area contributed by atoms with E-state index in [4.69, 9.17) is 14.2 Å². The van der Waals surface area contributed by atoms with E-state index in [9.17, 15) is 13.2 Å². The summed E-state index contributed by atoms with van der Waals surface area (Å²) in [5.74, 6) is 1.49. The van der Waals surface area contributed by atoms with Gasteiger partial charge in [0.1, 0.15) is 11.5 Å². The van der Waals surface area contributed by atoms with Gasteiger partial charge in [-0.25, -0.2) is 8.42 Å². The van der Waals surface area contributed by atoms with Gasteiger partial charge < -0.3 is 19.5 Å². The molecule has 0 radical (unpaired) electrons. The number of hydrogen-bond donors (Lipinski definition) is 1. The van der Waals surface area contributed by atoms with Crippen LogP contribution < -0.4 is 14.8 Å². The fraction of sp³-hybridized carbons (Fsp3) is 0.480. The molecule has 1 aliphatic carbocycles. The number of hydrogen-bond acceptors (Lipinski definition) is 6. The first-order chi connectivity index (χ1) is 16.5. The largest absolute Gasteiger partial charge is 0.494 e. The van der Waals surface area contributed by atoms with Crippen LogP contribution >= 0.6 is 0 Å². The highest BCUT2D eigenvalue weighted by atomic mass is 32.2. The molecule has 1 heterocycles. The average molecular weight is 489 g/mol. The summed E-state index contributed by atoms with van der Waals surface area (Å²) in [6.45, 7) is 3.81. The lowest BCUT2D eigenvalue weighted by Gasteiger charge is -2.26. The van der Waals surface area contributed by atoms with Crippen molar-refractivity contribution in [2.75, 3.05) is 38.2 Å². The van der Waals surface area contributed by atoms with Crippen LogP contribution in [-0.4, -0.2) is 51.5 Å². The first kappa shape index (κ1) is 24.5. The number of benzene rings is 2. The Bertz CT molecular complexity index is 1080.